The minimum atomic E-state index is -1.45. The fourth-order valence-electron chi connectivity index (χ4n) is 2.22. The minimum absolute atomic E-state index is 0.207. The predicted molar refractivity (Wildman–Crippen MR) is 85.0 cm³/mol. The van der Waals surface area contributed by atoms with Gasteiger partial charge in [-0.2, -0.15) is 0 Å². The quantitative estimate of drug-likeness (QED) is 0.367. The summed E-state index contributed by atoms with van der Waals surface area (Å²) in [6.45, 7) is 4.32. The smallest absolute Gasteiger partial charge is 0.323 e. The molecule has 10 heteroatoms. The van der Waals surface area contributed by atoms with Crippen LogP contribution in [0.2, 0.25) is 0 Å². The lowest BCUT2D eigenvalue weighted by molar-refractivity contribution is -0.301. The molecule has 1 fully saturated rings. The number of aliphatic hydroxyl groups is 2. The van der Waals surface area contributed by atoms with Crippen LogP contribution in [0.1, 0.15) is 20.8 Å². The summed E-state index contributed by atoms with van der Waals surface area (Å²) in [6.07, 6.45) is -6.33. The number of carbonyl (C=O) groups excluding carboxylic acids is 2. The fourth-order valence-corrected chi connectivity index (χ4v) is 2.22. The van der Waals surface area contributed by atoms with Gasteiger partial charge in [0.05, 0.1) is 6.61 Å². The van der Waals surface area contributed by atoms with Crippen molar-refractivity contribution in [3.8, 4) is 0 Å². The molecule has 0 aromatic carbocycles. The number of carbonyl (C=O) groups is 2. The van der Waals surface area contributed by atoms with Crippen LogP contribution in [-0.2, 0) is 28.5 Å². The van der Waals surface area contributed by atoms with E-state index in [9.17, 15) is 19.8 Å². The van der Waals surface area contributed by atoms with Gasteiger partial charge in [-0.05, 0) is 12.8 Å². The first kappa shape index (κ1) is 21.7. The van der Waals surface area contributed by atoms with E-state index in [-0.39, 0.29) is 5.92 Å². The van der Waals surface area contributed by atoms with Crippen molar-refractivity contribution < 1.29 is 38.7 Å². The van der Waals surface area contributed by atoms with Crippen LogP contribution in [0.4, 0.5) is 0 Å². The molecule has 6 N–H and O–H groups in total. The lowest BCUT2D eigenvalue weighted by atomic mass is 9.98. The Kier molecular flexibility index (Phi) is 8.19. The maximum atomic E-state index is 12.2. The van der Waals surface area contributed by atoms with E-state index in [2.05, 4.69) is 0 Å². The van der Waals surface area contributed by atoms with E-state index in [0.717, 1.165) is 0 Å². The van der Waals surface area contributed by atoms with Crippen molar-refractivity contribution in [2.24, 2.45) is 17.4 Å². The van der Waals surface area contributed by atoms with Gasteiger partial charge < -0.3 is 40.6 Å². The van der Waals surface area contributed by atoms with E-state index in [1.807, 2.05) is 0 Å². The van der Waals surface area contributed by atoms with Crippen molar-refractivity contribution in [1.82, 2.24) is 0 Å². The van der Waals surface area contributed by atoms with Crippen LogP contribution in [0.3, 0.4) is 0 Å². The summed E-state index contributed by atoms with van der Waals surface area (Å²) < 4.78 is 20.9. The Morgan fingerprint density at radius 1 is 1.12 bits per heavy atom. The number of nitrogens with two attached hydrogens (primary N) is 2. The predicted octanol–water partition coefficient (Wildman–Crippen LogP) is -2.13. The van der Waals surface area contributed by atoms with Gasteiger partial charge in [0.25, 0.3) is 0 Å². The first-order valence-corrected chi connectivity index (χ1v) is 8.03. The molecular formula is C15H28N2O8. The average molecular weight is 364 g/mol. The van der Waals surface area contributed by atoms with Gasteiger partial charge in [-0.25, -0.2) is 0 Å². The van der Waals surface area contributed by atoms with E-state index in [4.69, 9.17) is 30.4 Å². The average Bonchev–Trinajstić information content (AvgIpc) is 2.56. The fraction of sp³-hybridized carbons (Fsp3) is 0.867. The third-order valence-corrected chi connectivity index (χ3v) is 3.90. The van der Waals surface area contributed by atoms with E-state index < -0.39 is 61.3 Å². The van der Waals surface area contributed by atoms with E-state index in [1.54, 1.807) is 13.8 Å². The molecular weight excluding hydrogens is 336 g/mol. The summed E-state index contributed by atoms with van der Waals surface area (Å²) in [5, 5.41) is 19.7. The summed E-state index contributed by atoms with van der Waals surface area (Å²) in [4.78, 5) is 24.0. The number of methoxy groups -OCH3 is 1. The second kappa shape index (κ2) is 9.41. The number of ether oxygens (including phenoxy) is 4. The number of rotatable bonds is 7. The zero-order valence-corrected chi connectivity index (χ0v) is 14.8. The molecule has 10 nitrogen and oxygen atoms in total. The zero-order valence-electron chi connectivity index (χ0n) is 14.8. The summed E-state index contributed by atoms with van der Waals surface area (Å²) in [6, 6.07) is -1.88. The molecule has 7 atom stereocenters. The summed E-state index contributed by atoms with van der Waals surface area (Å²) >= 11 is 0. The lowest BCUT2D eigenvalue weighted by Crippen LogP contribution is -2.62. The Morgan fingerprint density at radius 2 is 1.68 bits per heavy atom. The topological polar surface area (TPSA) is 164 Å². The van der Waals surface area contributed by atoms with Crippen LogP contribution in [0.15, 0.2) is 0 Å². The van der Waals surface area contributed by atoms with E-state index in [1.165, 1.54) is 14.0 Å². The third-order valence-electron chi connectivity index (χ3n) is 3.90. The van der Waals surface area contributed by atoms with Crippen molar-refractivity contribution in [1.29, 1.82) is 0 Å². The molecule has 0 bridgehead atoms. The molecule has 0 saturated carbocycles. The highest BCUT2D eigenvalue weighted by atomic mass is 16.7. The normalized spacial score (nSPS) is 32.1. The lowest BCUT2D eigenvalue weighted by Gasteiger charge is -2.42. The van der Waals surface area contributed by atoms with Gasteiger partial charge in [-0.1, -0.05) is 13.8 Å². The molecule has 25 heavy (non-hydrogen) atoms. The van der Waals surface area contributed by atoms with Crippen molar-refractivity contribution >= 4 is 11.9 Å². The molecule has 0 radical (unpaired) electrons. The monoisotopic (exact) mass is 364 g/mol. The molecule has 1 aliphatic heterocycles. The Morgan fingerprint density at radius 3 is 2.12 bits per heavy atom. The Labute approximate surface area is 146 Å². The second-order valence-electron chi connectivity index (χ2n) is 6.31. The van der Waals surface area contributed by atoms with Crippen LogP contribution in [-0.4, -0.2) is 78.7 Å². The molecule has 0 aliphatic carbocycles. The first-order valence-electron chi connectivity index (χ1n) is 8.03. The molecule has 0 aromatic heterocycles. The Bertz CT molecular complexity index is 459. The van der Waals surface area contributed by atoms with Gasteiger partial charge >= 0.3 is 11.9 Å². The molecule has 0 unspecified atom stereocenters. The Balaban J connectivity index is 3.06. The highest BCUT2D eigenvalue weighted by Gasteiger charge is 2.50. The third kappa shape index (κ3) is 5.33. The van der Waals surface area contributed by atoms with Crippen molar-refractivity contribution in [2.75, 3.05) is 13.7 Å². The maximum Gasteiger partial charge on any atom is 0.323 e. The second-order valence-corrected chi connectivity index (χ2v) is 6.31. The largest absolute Gasteiger partial charge is 0.454 e. The van der Waals surface area contributed by atoms with Gasteiger partial charge in [-0.3, -0.25) is 9.59 Å². The van der Waals surface area contributed by atoms with E-state index >= 15 is 0 Å². The van der Waals surface area contributed by atoms with Gasteiger partial charge in [0, 0.05) is 7.11 Å². The highest BCUT2D eigenvalue weighted by Crippen LogP contribution is 2.27. The zero-order chi connectivity index (χ0) is 19.3. The van der Waals surface area contributed by atoms with Gasteiger partial charge in [0.15, 0.2) is 18.5 Å². The maximum absolute atomic E-state index is 12.2. The van der Waals surface area contributed by atoms with Crippen molar-refractivity contribution in [3.05, 3.63) is 0 Å². The molecule has 146 valence electrons. The highest BCUT2D eigenvalue weighted by molar-refractivity contribution is 5.76. The van der Waals surface area contributed by atoms with Crippen molar-refractivity contribution in [3.63, 3.8) is 0 Å². The number of aliphatic hydroxyl groups excluding tert-OH is 2. The molecule has 1 aliphatic rings. The van der Waals surface area contributed by atoms with Crippen LogP contribution < -0.4 is 11.5 Å². The number of hydrogen-bond donors (Lipinski definition) is 4. The minimum Gasteiger partial charge on any atom is -0.454 e. The molecule has 0 aromatic rings. The van der Waals surface area contributed by atoms with Crippen LogP contribution >= 0.6 is 0 Å². The van der Waals surface area contributed by atoms with Crippen LogP contribution in [0.5, 0.6) is 0 Å². The molecule has 1 rings (SSSR count). The first-order chi connectivity index (χ1) is 11.6. The summed E-state index contributed by atoms with van der Waals surface area (Å²) in [7, 11) is 1.28. The molecule has 1 heterocycles. The molecule has 1 saturated heterocycles. The Hall–Kier alpha value is -1.30. The van der Waals surface area contributed by atoms with Gasteiger partial charge in [0.1, 0.15) is 24.3 Å². The standard InChI is InChI=1S/C15H28N2O8/c1-6(2)9(17)14(21)24-11-10(19)8(5-18)23-15(22-4)12(11)25-13(20)7(3)16/h6-12,15,18-19H,5,16-17H2,1-4H3/t7-,8+,9-,10+,11-,12+,15-/m0/s1. The number of esters is 2. The van der Waals surface area contributed by atoms with Crippen molar-refractivity contribution in [2.45, 2.75) is 63.6 Å². The summed E-state index contributed by atoms with van der Waals surface area (Å²) in [5.41, 5.74) is 11.2. The van der Waals surface area contributed by atoms with Crippen LogP contribution in [0.25, 0.3) is 0 Å². The van der Waals surface area contributed by atoms with Gasteiger partial charge in [-0.15, -0.1) is 0 Å². The SMILES string of the molecule is CO[C@H]1O[C@H](CO)[C@@H](O)[C@H](OC(=O)[C@@H](N)C(C)C)[C@H]1OC(=O)[C@H](C)N. The van der Waals surface area contributed by atoms with Gasteiger partial charge in [0.2, 0.25) is 0 Å². The van der Waals surface area contributed by atoms with E-state index in [0.29, 0.717) is 0 Å². The molecule has 0 amide bonds. The number of hydrogen-bond acceptors (Lipinski definition) is 10. The molecule has 0 spiro atoms. The summed E-state index contributed by atoms with van der Waals surface area (Å²) in [5.74, 6) is -1.78. The van der Waals surface area contributed by atoms with Crippen LogP contribution in [0, 0.1) is 5.92 Å².